The number of nitrogens with zero attached hydrogens (tertiary/aromatic N) is 2. The molecule has 2 nitrogen and oxygen atoms in total. The first-order valence-corrected chi connectivity index (χ1v) is 17.0. The Morgan fingerprint density at radius 3 is 1.76 bits per heavy atom. The van der Waals surface area contributed by atoms with Gasteiger partial charge in [0.2, 0.25) is 0 Å². The molecule has 0 amide bonds. The number of para-hydroxylation sites is 2. The molecule has 10 aromatic rings. The first kappa shape index (κ1) is 25.4. The van der Waals surface area contributed by atoms with Crippen LogP contribution in [0.2, 0.25) is 0 Å². The molecule has 0 saturated carbocycles. The van der Waals surface area contributed by atoms with Crippen molar-refractivity contribution in [2.75, 3.05) is 0 Å². The minimum Gasteiger partial charge on any atom is -0.309 e. The van der Waals surface area contributed by atoms with Crippen LogP contribution in [0.4, 0.5) is 0 Å². The number of hydrogen-bond acceptors (Lipinski definition) is 0. The first-order valence-electron chi connectivity index (χ1n) is 18.5. The van der Waals surface area contributed by atoms with Crippen LogP contribution in [-0.4, -0.2) is 9.13 Å². The third kappa shape index (κ3) is 4.50. The van der Waals surface area contributed by atoms with Crippen LogP contribution in [0.3, 0.4) is 0 Å². The molecule has 0 bridgehead atoms. The Balaban J connectivity index is 1.29. The minimum atomic E-state index is 0.0400. The summed E-state index contributed by atoms with van der Waals surface area (Å²) in [6, 6.07) is 60.4. The monoisotopic (exact) mass is 639 g/mol. The molecule has 234 valence electrons. The van der Waals surface area contributed by atoms with E-state index in [0.29, 0.717) is 16.5 Å². The van der Waals surface area contributed by atoms with Crippen molar-refractivity contribution in [1.29, 1.82) is 0 Å². The van der Waals surface area contributed by atoms with Gasteiger partial charge in [-0.05, 0) is 94.0 Å². The topological polar surface area (TPSA) is 9.86 Å². The fourth-order valence-corrected chi connectivity index (χ4v) is 7.57. The number of aromatic nitrogens is 2. The van der Waals surface area contributed by atoms with Crippen molar-refractivity contribution in [2.24, 2.45) is 0 Å². The zero-order chi connectivity index (χ0) is 35.6. The molecule has 0 N–H and O–H groups in total. The first-order chi connectivity index (χ1) is 26.1. The van der Waals surface area contributed by atoms with Crippen molar-refractivity contribution in [3.8, 4) is 44.8 Å². The Kier molecular flexibility index (Phi) is 5.84. The van der Waals surface area contributed by atoms with Crippen molar-refractivity contribution >= 4 is 43.6 Å². The van der Waals surface area contributed by atoms with Crippen molar-refractivity contribution < 1.29 is 4.11 Å². The van der Waals surface area contributed by atoms with E-state index < -0.39 is 0 Å². The van der Waals surface area contributed by atoms with Crippen LogP contribution in [0.1, 0.15) is 4.11 Å². The SMILES string of the molecule is [2H]c1c(-c2ccc3c(c2)c2ccccc2n3-c2ccccc2)c([2H])c2c3c(-c4ccccc4)cccc3n(-c3cccc(-c4ccccc4)c3)c2c1[2H]. The second-order valence-corrected chi connectivity index (χ2v) is 12.7. The third-order valence-corrected chi connectivity index (χ3v) is 9.82. The summed E-state index contributed by atoms with van der Waals surface area (Å²) >= 11 is 0. The molecule has 50 heavy (non-hydrogen) atoms. The van der Waals surface area contributed by atoms with Crippen molar-refractivity contribution in [1.82, 2.24) is 9.13 Å². The minimum absolute atomic E-state index is 0.0400. The smallest absolute Gasteiger partial charge is 0.0645 e. The van der Waals surface area contributed by atoms with E-state index in [9.17, 15) is 4.11 Å². The van der Waals surface area contributed by atoms with E-state index in [1.807, 2.05) is 72.8 Å². The van der Waals surface area contributed by atoms with E-state index in [-0.39, 0.29) is 18.1 Å². The third-order valence-electron chi connectivity index (χ3n) is 9.82. The Morgan fingerprint density at radius 2 is 0.940 bits per heavy atom. The van der Waals surface area contributed by atoms with Crippen LogP contribution >= 0.6 is 0 Å². The molecule has 10 rings (SSSR count). The molecule has 0 radical (unpaired) electrons. The molecule has 0 aliphatic heterocycles. The second kappa shape index (κ2) is 11.5. The Bertz CT molecular complexity index is 3020. The molecule has 0 spiro atoms. The summed E-state index contributed by atoms with van der Waals surface area (Å²) in [4.78, 5) is 0. The molecule has 2 heteroatoms. The van der Waals surface area contributed by atoms with E-state index in [0.717, 1.165) is 71.9 Å². The summed E-state index contributed by atoms with van der Waals surface area (Å²) in [7, 11) is 0. The summed E-state index contributed by atoms with van der Waals surface area (Å²) in [5.41, 5.74) is 10.9. The molecule has 0 saturated heterocycles. The van der Waals surface area contributed by atoms with Crippen LogP contribution < -0.4 is 0 Å². The van der Waals surface area contributed by atoms with Crippen molar-refractivity contribution in [3.63, 3.8) is 0 Å². The second-order valence-electron chi connectivity index (χ2n) is 12.7. The predicted octanol–water partition coefficient (Wildman–Crippen LogP) is 12.9. The van der Waals surface area contributed by atoms with Gasteiger partial charge in [0.1, 0.15) is 0 Å². The lowest BCUT2D eigenvalue weighted by atomic mass is 9.97. The van der Waals surface area contributed by atoms with Crippen LogP contribution in [-0.2, 0) is 0 Å². The molecule has 0 atom stereocenters. The Morgan fingerprint density at radius 1 is 0.340 bits per heavy atom. The number of fused-ring (bicyclic) bond motifs is 6. The van der Waals surface area contributed by atoms with Gasteiger partial charge < -0.3 is 9.13 Å². The summed E-state index contributed by atoms with van der Waals surface area (Å²) in [5, 5.41) is 3.71. The average molecular weight is 640 g/mol. The standard InChI is InChI=1S/C48H32N2/c1-4-14-33(15-5-1)35-18-12-21-39(30-35)50-46-29-27-37(32-43(46)48-40(23-13-25-47(48)50)34-16-6-2-7-17-34)36-26-28-45-42(31-36)41-22-10-11-24-44(41)49(45)38-19-8-3-9-20-38/h1-32H/i27D,29D,32D. The van der Waals surface area contributed by atoms with Gasteiger partial charge in [0, 0.05) is 32.9 Å². The molecule has 0 aliphatic rings. The Labute approximate surface area is 294 Å². The Hall–Kier alpha value is -6.64. The van der Waals surface area contributed by atoms with Crippen LogP contribution in [0.15, 0.2) is 194 Å². The van der Waals surface area contributed by atoms with Crippen LogP contribution in [0.25, 0.3) is 88.4 Å². The van der Waals surface area contributed by atoms with E-state index in [2.05, 4.69) is 112 Å². The fraction of sp³-hybridized carbons (Fsp3) is 0. The molecule has 0 unspecified atom stereocenters. The highest BCUT2D eigenvalue weighted by molar-refractivity contribution is 6.17. The highest BCUT2D eigenvalue weighted by atomic mass is 15.0. The zero-order valence-corrected chi connectivity index (χ0v) is 27.1. The predicted molar refractivity (Wildman–Crippen MR) is 211 cm³/mol. The molecule has 0 aliphatic carbocycles. The lowest BCUT2D eigenvalue weighted by Gasteiger charge is -2.11. The van der Waals surface area contributed by atoms with Crippen LogP contribution in [0.5, 0.6) is 0 Å². The van der Waals surface area contributed by atoms with Gasteiger partial charge in [-0.15, -0.1) is 0 Å². The van der Waals surface area contributed by atoms with Gasteiger partial charge >= 0.3 is 0 Å². The number of hydrogen-bond donors (Lipinski definition) is 0. The summed E-state index contributed by atoms with van der Waals surface area (Å²) in [6.45, 7) is 0. The normalized spacial score (nSPS) is 12.4. The van der Waals surface area contributed by atoms with Gasteiger partial charge in [-0.25, -0.2) is 0 Å². The quantitative estimate of drug-likeness (QED) is 0.177. The van der Waals surface area contributed by atoms with Crippen LogP contribution in [0, 0.1) is 0 Å². The van der Waals surface area contributed by atoms with E-state index in [4.69, 9.17) is 0 Å². The maximum atomic E-state index is 10.00. The summed E-state index contributed by atoms with van der Waals surface area (Å²) in [6.07, 6.45) is 0. The van der Waals surface area contributed by atoms with Gasteiger partial charge in [-0.1, -0.05) is 133 Å². The lowest BCUT2D eigenvalue weighted by Crippen LogP contribution is -1.94. The summed E-state index contributed by atoms with van der Waals surface area (Å²) in [5.74, 6) is 0. The average Bonchev–Trinajstić information content (AvgIpc) is 3.75. The molecule has 0 fully saturated rings. The van der Waals surface area contributed by atoms with E-state index in [1.54, 1.807) is 0 Å². The highest BCUT2D eigenvalue weighted by Gasteiger charge is 2.18. The van der Waals surface area contributed by atoms with E-state index in [1.165, 1.54) is 0 Å². The van der Waals surface area contributed by atoms with Crippen molar-refractivity contribution in [2.45, 2.75) is 0 Å². The molecular formula is C48H32N2. The van der Waals surface area contributed by atoms with E-state index >= 15 is 0 Å². The fourth-order valence-electron chi connectivity index (χ4n) is 7.57. The van der Waals surface area contributed by atoms with Crippen molar-refractivity contribution in [3.05, 3.63) is 194 Å². The molecule has 2 aromatic heterocycles. The summed E-state index contributed by atoms with van der Waals surface area (Å²) < 4.78 is 33.6. The number of rotatable bonds is 5. The molecular weight excluding hydrogens is 605 g/mol. The van der Waals surface area contributed by atoms with Gasteiger partial charge in [0.25, 0.3) is 0 Å². The van der Waals surface area contributed by atoms with Gasteiger partial charge in [-0.2, -0.15) is 0 Å². The van der Waals surface area contributed by atoms with Gasteiger partial charge in [-0.3, -0.25) is 0 Å². The molecule has 8 aromatic carbocycles. The van der Waals surface area contributed by atoms with Gasteiger partial charge in [0.05, 0.1) is 26.2 Å². The number of benzene rings is 8. The van der Waals surface area contributed by atoms with Gasteiger partial charge in [0.15, 0.2) is 0 Å². The zero-order valence-electron chi connectivity index (χ0n) is 30.1. The highest BCUT2D eigenvalue weighted by Crippen LogP contribution is 2.41. The maximum absolute atomic E-state index is 10.00. The lowest BCUT2D eigenvalue weighted by molar-refractivity contribution is 1.18. The maximum Gasteiger partial charge on any atom is 0.0645 e. The molecule has 2 heterocycles. The largest absolute Gasteiger partial charge is 0.309 e.